The first-order valence-electron chi connectivity index (χ1n) is 8.82. The number of hydrogen-bond donors (Lipinski definition) is 2. The molecule has 144 valence electrons. The lowest BCUT2D eigenvalue weighted by Gasteiger charge is -2.29. The van der Waals surface area contributed by atoms with Gasteiger partial charge in [-0.2, -0.15) is 12.6 Å². The number of aromatic nitrogens is 4. The van der Waals surface area contributed by atoms with Gasteiger partial charge in [-0.1, -0.05) is 65.4 Å². The maximum Gasteiger partial charge on any atom is 0.209 e. The molecule has 0 aliphatic rings. The fraction of sp³-hybridized carbons (Fsp3) is 0.632. The second-order valence-corrected chi connectivity index (χ2v) is 10.4. The van der Waals surface area contributed by atoms with Crippen LogP contribution in [0.2, 0.25) is 0 Å². The Morgan fingerprint density at radius 2 is 1.65 bits per heavy atom. The van der Waals surface area contributed by atoms with Crippen molar-refractivity contribution in [3.63, 3.8) is 0 Å². The van der Waals surface area contributed by atoms with Gasteiger partial charge in [0, 0.05) is 18.1 Å². The van der Waals surface area contributed by atoms with E-state index in [-0.39, 0.29) is 16.1 Å². The van der Waals surface area contributed by atoms with Crippen molar-refractivity contribution in [2.24, 2.45) is 7.05 Å². The molecule has 0 saturated carbocycles. The van der Waals surface area contributed by atoms with Gasteiger partial charge in [-0.25, -0.2) is 4.68 Å². The lowest BCUT2D eigenvalue weighted by Crippen LogP contribution is -2.18. The molecule has 7 heteroatoms. The normalized spacial score (nSPS) is 13.8. The van der Waals surface area contributed by atoms with Crippen LogP contribution in [-0.4, -0.2) is 31.1 Å². The summed E-state index contributed by atoms with van der Waals surface area (Å²) in [6.07, 6.45) is 0.887. The van der Waals surface area contributed by atoms with Crippen molar-refractivity contribution in [3.05, 3.63) is 28.8 Å². The lowest BCUT2D eigenvalue weighted by atomic mass is 9.78. The molecule has 26 heavy (non-hydrogen) atoms. The highest BCUT2D eigenvalue weighted by Crippen LogP contribution is 2.42. The van der Waals surface area contributed by atoms with Crippen molar-refractivity contribution in [2.45, 2.75) is 69.2 Å². The second kappa shape index (κ2) is 7.80. The van der Waals surface area contributed by atoms with Crippen molar-refractivity contribution in [1.82, 2.24) is 20.2 Å². The van der Waals surface area contributed by atoms with Crippen molar-refractivity contribution in [2.75, 3.05) is 5.75 Å². The van der Waals surface area contributed by atoms with Gasteiger partial charge in [-0.05, 0) is 44.4 Å². The highest BCUT2D eigenvalue weighted by molar-refractivity contribution is 7.99. The number of nitrogens with zero attached hydrogens (tertiary/aromatic N) is 4. The van der Waals surface area contributed by atoms with E-state index in [9.17, 15) is 5.11 Å². The number of tetrazole rings is 1. The monoisotopic (exact) mass is 394 g/mol. The Morgan fingerprint density at radius 1 is 1.12 bits per heavy atom. The summed E-state index contributed by atoms with van der Waals surface area (Å²) in [6, 6.07) is 4.22. The van der Waals surface area contributed by atoms with Gasteiger partial charge in [0.2, 0.25) is 5.16 Å². The molecule has 2 aromatic rings. The minimum absolute atomic E-state index is 0.0893. The molecule has 0 aliphatic carbocycles. The smallest absolute Gasteiger partial charge is 0.209 e. The number of phenolic OH excluding ortho intramolecular Hbond substituents is 1. The molecule has 1 heterocycles. The minimum atomic E-state index is -0.132. The molecular weight excluding hydrogens is 364 g/mol. The van der Waals surface area contributed by atoms with E-state index in [4.69, 9.17) is 12.6 Å². The summed E-state index contributed by atoms with van der Waals surface area (Å²) in [4.78, 5) is 0. The Labute approximate surface area is 166 Å². The minimum Gasteiger partial charge on any atom is -0.507 e. The fourth-order valence-electron chi connectivity index (χ4n) is 2.76. The zero-order chi connectivity index (χ0) is 19.7. The Balaban J connectivity index is 2.25. The first-order chi connectivity index (χ1) is 11.9. The number of thioether (sulfide) groups is 1. The summed E-state index contributed by atoms with van der Waals surface area (Å²) in [7, 11) is 1.84. The highest BCUT2D eigenvalue weighted by Gasteiger charge is 2.27. The summed E-state index contributed by atoms with van der Waals surface area (Å²) in [5, 5.41) is 23.2. The van der Waals surface area contributed by atoms with E-state index in [0.717, 1.165) is 34.0 Å². The molecule has 0 fully saturated rings. The molecular formula is C19H30N4OS2. The number of hydrogen-bond acceptors (Lipinski definition) is 6. The second-order valence-electron chi connectivity index (χ2n) is 8.70. The average Bonchev–Trinajstić information content (AvgIpc) is 2.90. The third kappa shape index (κ3) is 4.94. The fourth-order valence-corrected chi connectivity index (χ4v) is 4.07. The first kappa shape index (κ1) is 21.1. The first-order valence-corrected chi connectivity index (χ1v) is 10.3. The zero-order valence-corrected chi connectivity index (χ0v) is 18.4. The van der Waals surface area contributed by atoms with E-state index in [0.29, 0.717) is 5.75 Å². The molecule has 0 bridgehead atoms. The number of benzene rings is 1. The van der Waals surface area contributed by atoms with Crippen molar-refractivity contribution in [1.29, 1.82) is 0 Å². The summed E-state index contributed by atoms with van der Waals surface area (Å²) in [5.74, 6) is 1.28. The summed E-state index contributed by atoms with van der Waals surface area (Å²) < 4.78 is 1.67. The van der Waals surface area contributed by atoms with E-state index in [1.165, 1.54) is 0 Å². The van der Waals surface area contributed by atoms with Crippen LogP contribution in [0.4, 0.5) is 0 Å². The van der Waals surface area contributed by atoms with Crippen LogP contribution >= 0.6 is 24.4 Å². The molecule has 0 spiro atoms. The molecule has 1 aromatic heterocycles. The Hall–Kier alpha value is -1.21. The van der Waals surface area contributed by atoms with Gasteiger partial charge >= 0.3 is 0 Å². The maximum absolute atomic E-state index is 10.8. The molecule has 0 amide bonds. The van der Waals surface area contributed by atoms with Gasteiger partial charge in [-0.15, -0.1) is 5.10 Å². The molecule has 1 unspecified atom stereocenters. The van der Waals surface area contributed by atoms with Gasteiger partial charge in [0.1, 0.15) is 5.75 Å². The Morgan fingerprint density at radius 3 is 2.08 bits per heavy atom. The van der Waals surface area contributed by atoms with Crippen molar-refractivity contribution < 1.29 is 5.11 Å². The molecule has 1 atom stereocenters. The molecule has 5 nitrogen and oxygen atoms in total. The topological polar surface area (TPSA) is 63.8 Å². The lowest BCUT2D eigenvalue weighted by molar-refractivity contribution is 0.422. The predicted octanol–water partition coefficient (Wildman–Crippen LogP) is 4.66. The van der Waals surface area contributed by atoms with Crippen LogP contribution in [0.5, 0.6) is 5.75 Å². The third-order valence-corrected chi connectivity index (χ3v) is 5.94. The van der Waals surface area contributed by atoms with Crippen molar-refractivity contribution >= 4 is 24.4 Å². The van der Waals surface area contributed by atoms with Crippen LogP contribution in [0.3, 0.4) is 0 Å². The van der Waals surface area contributed by atoms with E-state index in [2.05, 4.69) is 69.2 Å². The van der Waals surface area contributed by atoms with Crippen LogP contribution in [0.15, 0.2) is 17.3 Å². The number of aryl methyl sites for hydroxylation is 1. The molecule has 0 radical (unpaired) electrons. The van der Waals surface area contributed by atoms with E-state index in [1.54, 1.807) is 16.4 Å². The van der Waals surface area contributed by atoms with Gasteiger partial charge in [0.15, 0.2) is 0 Å². The standard InChI is InChI=1S/C19H30N4OS2/c1-18(2,3)13-10-12(11-14(16(13)24)19(4,5)6)15(25)8-9-26-17-20-21-22-23(17)7/h10-11,15,24-25H,8-9H2,1-7H3. The molecule has 0 saturated heterocycles. The molecule has 2 rings (SSSR count). The van der Waals surface area contributed by atoms with Crippen LogP contribution in [0.25, 0.3) is 0 Å². The Kier molecular flexibility index (Phi) is 6.33. The summed E-state index contributed by atoms with van der Waals surface area (Å²) >= 11 is 6.47. The van der Waals surface area contributed by atoms with E-state index in [1.807, 2.05) is 7.05 Å². The van der Waals surface area contributed by atoms with Gasteiger partial charge < -0.3 is 5.11 Å². The van der Waals surface area contributed by atoms with E-state index >= 15 is 0 Å². The van der Waals surface area contributed by atoms with Gasteiger partial charge in [0.25, 0.3) is 0 Å². The van der Waals surface area contributed by atoms with Crippen LogP contribution in [-0.2, 0) is 17.9 Å². The van der Waals surface area contributed by atoms with Crippen LogP contribution < -0.4 is 0 Å². The summed E-state index contributed by atoms with van der Waals surface area (Å²) in [5.41, 5.74) is 2.84. The van der Waals surface area contributed by atoms with Gasteiger partial charge in [0.05, 0.1) is 0 Å². The molecule has 0 aliphatic heterocycles. The maximum atomic E-state index is 10.8. The average molecular weight is 395 g/mol. The highest BCUT2D eigenvalue weighted by atomic mass is 32.2. The largest absolute Gasteiger partial charge is 0.507 e. The Bertz CT molecular complexity index is 725. The number of thiol groups is 1. The quantitative estimate of drug-likeness (QED) is 0.570. The number of aromatic hydroxyl groups is 1. The van der Waals surface area contributed by atoms with Crippen LogP contribution in [0.1, 0.15) is 69.9 Å². The predicted molar refractivity (Wildman–Crippen MR) is 111 cm³/mol. The molecule has 1 N–H and O–H groups in total. The van der Waals surface area contributed by atoms with Crippen LogP contribution in [0, 0.1) is 0 Å². The number of rotatable bonds is 5. The van der Waals surface area contributed by atoms with Gasteiger partial charge in [-0.3, -0.25) is 0 Å². The third-order valence-electron chi connectivity index (χ3n) is 4.34. The van der Waals surface area contributed by atoms with Crippen molar-refractivity contribution in [3.8, 4) is 5.75 Å². The molecule has 1 aromatic carbocycles. The zero-order valence-electron chi connectivity index (χ0n) is 16.7. The van der Waals surface area contributed by atoms with E-state index < -0.39 is 0 Å². The number of phenols is 1. The SMILES string of the molecule is Cn1nnnc1SCCC(S)c1cc(C(C)(C)C)c(O)c(C(C)(C)C)c1. The summed E-state index contributed by atoms with van der Waals surface area (Å²) in [6.45, 7) is 12.8.